The molecule has 0 spiro atoms. The predicted octanol–water partition coefficient (Wildman–Crippen LogP) is 1.01. The van der Waals surface area contributed by atoms with E-state index < -0.39 is 6.10 Å². The number of rotatable bonds is 5. The van der Waals surface area contributed by atoms with Crippen LogP contribution in [-0.2, 0) is 4.74 Å². The molecule has 1 aliphatic heterocycles. The minimum atomic E-state index is -0.567. The normalized spacial score (nSPS) is 24.9. The van der Waals surface area contributed by atoms with E-state index >= 15 is 0 Å². The van der Waals surface area contributed by atoms with E-state index in [1.807, 2.05) is 0 Å². The molecule has 4 nitrogen and oxygen atoms in total. The highest BCUT2D eigenvalue weighted by molar-refractivity contribution is 5.00. The number of likely N-dealkylation sites (tertiary alicyclic amines) is 1. The van der Waals surface area contributed by atoms with Gasteiger partial charge in [0.2, 0.25) is 0 Å². The molecule has 1 rings (SSSR count). The topological polar surface area (TPSA) is 52.9 Å². The fourth-order valence-electron chi connectivity index (χ4n) is 3.28. The molecule has 0 aromatic rings. The molecule has 1 heterocycles. The maximum Gasteiger partial charge on any atom is 0.107 e. The Morgan fingerprint density at radius 2 is 1.84 bits per heavy atom. The Labute approximate surface area is 116 Å². The highest BCUT2D eigenvalue weighted by atomic mass is 16.5. The minimum Gasteiger partial charge on any atom is -0.393 e. The third kappa shape index (κ3) is 4.47. The Morgan fingerprint density at radius 3 is 2.32 bits per heavy atom. The molecule has 4 heteroatoms. The molecule has 1 aliphatic rings. The number of ether oxygens (including phenoxy) is 1. The van der Waals surface area contributed by atoms with Gasteiger partial charge in [-0.1, -0.05) is 5.92 Å². The fraction of sp³-hybridized carbons (Fsp3) is 0.867. The van der Waals surface area contributed by atoms with Crippen molar-refractivity contribution in [2.45, 2.75) is 63.8 Å². The number of aliphatic hydroxyl groups excluding tert-OH is 2. The molecule has 1 atom stereocenters. The van der Waals surface area contributed by atoms with Crippen LogP contribution in [0.1, 0.15) is 40.5 Å². The van der Waals surface area contributed by atoms with Crippen LogP contribution in [0.4, 0.5) is 0 Å². The molecule has 0 aromatic heterocycles. The van der Waals surface area contributed by atoms with Gasteiger partial charge in [-0.15, -0.1) is 6.42 Å². The molecule has 0 radical (unpaired) electrons. The molecule has 0 bridgehead atoms. The average Bonchev–Trinajstić information content (AvgIpc) is 2.22. The van der Waals surface area contributed by atoms with Crippen LogP contribution >= 0.6 is 0 Å². The second kappa shape index (κ2) is 6.23. The quantitative estimate of drug-likeness (QED) is 0.578. The van der Waals surface area contributed by atoms with Crippen molar-refractivity contribution in [2.24, 2.45) is 0 Å². The van der Waals surface area contributed by atoms with Crippen molar-refractivity contribution in [1.29, 1.82) is 0 Å². The number of hydrogen-bond donors (Lipinski definition) is 2. The highest BCUT2D eigenvalue weighted by Crippen LogP contribution is 2.38. The van der Waals surface area contributed by atoms with Gasteiger partial charge >= 0.3 is 0 Å². The number of terminal acetylenes is 1. The summed E-state index contributed by atoms with van der Waals surface area (Å²) in [6, 6.07) is 0. The number of nitrogens with zero attached hydrogens (tertiary/aromatic N) is 1. The molecule has 0 amide bonds. The van der Waals surface area contributed by atoms with Crippen LogP contribution in [0.15, 0.2) is 0 Å². The lowest BCUT2D eigenvalue weighted by atomic mass is 9.78. The molecule has 1 fully saturated rings. The fourth-order valence-corrected chi connectivity index (χ4v) is 3.28. The number of aliphatic hydroxyl groups is 2. The second-order valence-electron chi connectivity index (χ2n) is 6.67. The first-order valence-electron chi connectivity index (χ1n) is 6.84. The molecule has 0 aliphatic carbocycles. The van der Waals surface area contributed by atoms with Crippen LogP contribution in [0.2, 0.25) is 0 Å². The van der Waals surface area contributed by atoms with E-state index in [0.29, 0.717) is 19.4 Å². The van der Waals surface area contributed by atoms with Crippen molar-refractivity contribution < 1.29 is 14.9 Å². The lowest BCUT2D eigenvalue weighted by molar-refractivity contribution is -0.103. The second-order valence-corrected chi connectivity index (χ2v) is 6.67. The van der Waals surface area contributed by atoms with Crippen LogP contribution in [0.3, 0.4) is 0 Å². The molecule has 2 N–H and O–H groups in total. The largest absolute Gasteiger partial charge is 0.393 e. The van der Waals surface area contributed by atoms with Gasteiger partial charge in [-0.25, -0.2) is 0 Å². The van der Waals surface area contributed by atoms with E-state index in [9.17, 15) is 10.2 Å². The highest BCUT2D eigenvalue weighted by Gasteiger charge is 2.45. The molecule has 19 heavy (non-hydrogen) atoms. The Balaban J connectivity index is 2.65. The van der Waals surface area contributed by atoms with Crippen molar-refractivity contribution in [3.05, 3.63) is 0 Å². The summed E-state index contributed by atoms with van der Waals surface area (Å²) in [7, 11) is 0. The van der Waals surface area contributed by atoms with Crippen LogP contribution < -0.4 is 0 Å². The predicted molar refractivity (Wildman–Crippen MR) is 75.8 cm³/mol. The van der Waals surface area contributed by atoms with Crippen molar-refractivity contribution >= 4 is 0 Å². The Kier molecular flexibility index (Phi) is 5.40. The molecule has 1 unspecified atom stereocenters. The first-order valence-corrected chi connectivity index (χ1v) is 6.84. The van der Waals surface area contributed by atoms with Gasteiger partial charge in [0.1, 0.15) is 6.61 Å². The summed E-state index contributed by atoms with van der Waals surface area (Å²) in [6.07, 6.45) is 5.69. The standard InChI is InChI=1S/C15H27NO3/c1-6-7-19-11-13(18)10-16-14(2,3)8-12(17)9-15(16,4)5/h1,12-13,17-18H,7-11H2,2-5H3. The molecule has 0 aromatic carbocycles. The zero-order valence-corrected chi connectivity index (χ0v) is 12.5. The first kappa shape index (κ1) is 16.5. The maximum atomic E-state index is 10.1. The van der Waals surface area contributed by atoms with E-state index in [4.69, 9.17) is 11.2 Å². The summed E-state index contributed by atoms with van der Waals surface area (Å²) in [6.45, 7) is 9.41. The molecule has 110 valence electrons. The van der Waals surface area contributed by atoms with Crippen molar-refractivity contribution in [1.82, 2.24) is 4.90 Å². The van der Waals surface area contributed by atoms with E-state index in [1.54, 1.807) is 0 Å². The van der Waals surface area contributed by atoms with E-state index in [1.165, 1.54) is 0 Å². The summed E-state index contributed by atoms with van der Waals surface area (Å²) in [5, 5.41) is 20.0. The van der Waals surface area contributed by atoms with Crippen LogP contribution in [0, 0.1) is 12.3 Å². The first-order chi connectivity index (χ1) is 8.69. The number of β-amino-alcohol motifs (C(OH)–C–C–N with tert-alkyl or cyclic N) is 1. The number of piperidine rings is 1. The van der Waals surface area contributed by atoms with Gasteiger partial charge < -0.3 is 14.9 Å². The number of hydrogen-bond acceptors (Lipinski definition) is 4. The van der Waals surface area contributed by atoms with Crippen molar-refractivity contribution in [3.8, 4) is 12.3 Å². The maximum absolute atomic E-state index is 10.1. The van der Waals surface area contributed by atoms with E-state index in [2.05, 4.69) is 38.5 Å². The Morgan fingerprint density at radius 1 is 1.32 bits per heavy atom. The summed E-state index contributed by atoms with van der Waals surface area (Å²) in [4.78, 5) is 2.26. The third-order valence-electron chi connectivity index (χ3n) is 3.82. The SMILES string of the molecule is C#CCOCC(O)CN1C(C)(C)CC(O)CC1(C)C. The average molecular weight is 269 g/mol. The molecule has 1 saturated heterocycles. The van der Waals surface area contributed by atoms with Crippen molar-refractivity contribution in [3.63, 3.8) is 0 Å². The van der Waals surface area contributed by atoms with Crippen LogP contribution in [0.25, 0.3) is 0 Å². The molecular formula is C15H27NO3. The van der Waals surface area contributed by atoms with Gasteiger partial charge in [-0.3, -0.25) is 4.90 Å². The van der Waals surface area contributed by atoms with Gasteiger partial charge in [-0.2, -0.15) is 0 Å². The Hall–Kier alpha value is -0.600. The lowest BCUT2D eigenvalue weighted by Crippen LogP contribution is -2.63. The van der Waals surface area contributed by atoms with Crippen molar-refractivity contribution in [2.75, 3.05) is 19.8 Å². The summed E-state index contributed by atoms with van der Waals surface area (Å²) >= 11 is 0. The van der Waals surface area contributed by atoms with Gasteiger partial charge in [0, 0.05) is 17.6 Å². The van der Waals surface area contributed by atoms with Gasteiger partial charge in [0.25, 0.3) is 0 Å². The lowest BCUT2D eigenvalue weighted by Gasteiger charge is -2.55. The molecular weight excluding hydrogens is 242 g/mol. The summed E-state index contributed by atoms with van der Waals surface area (Å²) < 4.78 is 5.18. The van der Waals surface area contributed by atoms with Gasteiger partial charge in [-0.05, 0) is 40.5 Å². The Bertz CT molecular complexity index is 315. The third-order valence-corrected chi connectivity index (χ3v) is 3.82. The summed E-state index contributed by atoms with van der Waals surface area (Å²) in [5.41, 5.74) is -0.289. The minimum absolute atomic E-state index is 0.145. The zero-order valence-electron chi connectivity index (χ0n) is 12.5. The van der Waals surface area contributed by atoms with Gasteiger partial charge in [0.15, 0.2) is 0 Å². The monoisotopic (exact) mass is 269 g/mol. The zero-order chi connectivity index (χ0) is 14.7. The van der Waals surface area contributed by atoms with E-state index in [0.717, 1.165) is 0 Å². The van der Waals surface area contributed by atoms with Crippen LogP contribution in [0.5, 0.6) is 0 Å². The van der Waals surface area contributed by atoms with Crippen LogP contribution in [-0.4, -0.2) is 58.2 Å². The molecule has 0 saturated carbocycles. The smallest absolute Gasteiger partial charge is 0.107 e. The van der Waals surface area contributed by atoms with Gasteiger partial charge in [0.05, 0.1) is 18.8 Å². The van der Waals surface area contributed by atoms with E-state index in [-0.39, 0.29) is 30.4 Å². The summed E-state index contributed by atoms with van der Waals surface area (Å²) in [5.74, 6) is 2.39.